The van der Waals surface area contributed by atoms with Crippen molar-refractivity contribution in [2.24, 2.45) is 7.05 Å². The minimum Gasteiger partial charge on any atom is -0.455 e. The van der Waals surface area contributed by atoms with Crippen molar-refractivity contribution in [1.82, 2.24) is 14.7 Å². The van der Waals surface area contributed by atoms with E-state index < -0.39 is 0 Å². The van der Waals surface area contributed by atoms with Gasteiger partial charge in [0.15, 0.2) is 11.5 Å². The fourth-order valence-corrected chi connectivity index (χ4v) is 2.93. The second-order valence-electron chi connectivity index (χ2n) is 5.81. The smallest absolute Gasteiger partial charge is 0.289 e. The molecule has 0 saturated carbocycles. The van der Waals surface area contributed by atoms with Gasteiger partial charge in [-0.05, 0) is 13.3 Å². The molecule has 116 valence electrons. The number of rotatable bonds is 3. The highest BCUT2D eigenvalue weighted by Crippen LogP contribution is 2.30. The Labute approximate surface area is 128 Å². The second-order valence-corrected chi connectivity index (χ2v) is 5.81. The Bertz CT molecular complexity index is 742. The number of hydrogen-bond acceptors (Lipinski definition) is 4. The van der Waals surface area contributed by atoms with Crippen LogP contribution < -0.4 is 0 Å². The van der Waals surface area contributed by atoms with Crippen molar-refractivity contribution in [3.8, 4) is 0 Å². The topological polar surface area (TPSA) is 68.3 Å². The average Bonchev–Trinajstić information content (AvgIpc) is 3.03. The van der Waals surface area contributed by atoms with E-state index in [0.717, 1.165) is 18.4 Å². The number of amides is 1. The van der Waals surface area contributed by atoms with Crippen molar-refractivity contribution in [3.05, 3.63) is 40.6 Å². The summed E-state index contributed by atoms with van der Waals surface area (Å²) in [6.07, 6.45) is 5.65. The van der Waals surface area contributed by atoms with Gasteiger partial charge in [0, 0.05) is 50.8 Å². The minimum absolute atomic E-state index is 0.0801. The summed E-state index contributed by atoms with van der Waals surface area (Å²) in [7, 11) is 3.56. The zero-order chi connectivity index (χ0) is 15.9. The molecular weight excluding hydrogens is 282 g/mol. The van der Waals surface area contributed by atoms with Gasteiger partial charge in [0.05, 0.1) is 11.8 Å². The minimum atomic E-state index is -0.205. The van der Waals surface area contributed by atoms with Gasteiger partial charge in [-0.2, -0.15) is 5.10 Å². The van der Waals surface area contributed by atoms with E-state index in [4.69, 9.17) is 4.42 Å². The quantitative estimate of drug-likeness (QED) is 0.870. The van der Waals surface area contributed by atoms with E-state index in [1.165, 1.54) is 0 Å². The number of hydrogen-bond donors (Lipinski definition) is 0. The number of furan rings is 1. The number of aryl methyl sites for hydroxylation is 2. The highest BCUT2D eigenvalue weighted by molar-refractivity contribution is 6.03. The zero-order valence-corrected chi connectivity index (χ0v) is 13.0. The third-order valence-electron chi connectivity index (χ3n) is 4.03. The monoisotopic (exact) mass is 301 g/mol. The third kappa shape index (κ3) is 2.45. The van der Waals surface area contributed by atoms with E-state index in [-0.39, 0.29) is 17.5 Å². The van der Waals surface area contributed by atoms with Gasteiger partial charge >= 0.3 is 0 Å². The van der Waals surface area contributed by atoms with E-state index >= 15 is 0 Å². The molecule has 6 nitrogen and oxygen atoms in total. The number of carbonyl (C=O) groups excluding carboxylic acids is 2. The van der Waals surface area contributed by atoms with E-state index in [1.807, 2.05) is 13.2 Å². The standard InChI is InChI=1S/C16H19N3O3/c1-10-14-12(20)5-4-6-13(14)22-15(10)16(21)18(2)8-11-7-17-19(3)9-11/h7,9H,4-6,8H2,1-3H3. The van der Waals surface area contributed by atoms with Crippen LogP contribution in [0.5, 0.6) is 0 Å². The second kappa shape index (κ2) is 5.44. The Kier molecular flexibility index (Phi) is 3.60. The van der Waals surface area contributed by atoms with E-state index in [2.05, 4.69) is 5.10 Å². The molecular formula is C16H19N3O3. The number of carbonyl (C=O) groups is 2. The number of aromatic nitrogens is 2. The van der Waals surface area contributed by atoms with Crippen molar-refractivity contribution in [2.75, 3.05) is 7.05 Å². The number of fused-ring (bicyclic) bond motifs is 1. The molecule has 0 aliphatic heterocycles. The van der Waals surface area contributed by atoms with Crippen LogP contribution in [-0.2, 0) is 20.0 Å². The van der Waals surface area contributed by atoms with E-state index in [0.29, 0.717) is 29.9 Å². The lowest BCUT2D eigenvalue weighted by Crippen LogP contribution is -2.26. The number of nitrogens with zero attached hydrogens (tertiary/aromatic N) is 3. The molecule has 0 fully saturated rings. The molecule has 2 aromatic rings. The summed E-state index contributed by atoms with van der Waals surface area (Å²) in [5.74, 6) is 0.818. The van der Waals surface area contributed by atoms with Crippen LogP contribution >= 0.6 is 0 Å². The van der Waals surface area contributed by atoms with Crippen LogP contribution in [0.3, 0.4) is 0 Å². The van der Waals surface area contributed by atoms with Crippen molar-refractivity contribution in [2.45, 2.75) is 32.7 Å². The normalized spacial score (nSPS) is 14.0. The largest absolute Gasteiger partial charge is 0.455 e. The number of Topliss-reactive ketones (excluding diaryl/α,β-unsaturated/α-hetero) is 1. The maximum Gasteiger partial charge on any atom is 0.289 e. The van der Waals surface area contributed by atoms with Crippen molar-refractivity contribution in [1.29, 1.82) is 0 Å². The first-order valence-corrected chi connectivity index (χ1v) is 7.36. The molecule has 1 aliphatic rings. The molecule has 2 aromatic heterocycles. The fraction of sp³-hybridized carbons (Fsp3) is 0.438. The van der Waals surface area contributed by atoms with Gasteiger partial charge in [-0.3, -0.25) is 14.3 Å². The maximum atomic E-state index is 12.6. The van der Waals surface area contributed by atoms with Crippen molar-refractivity contribution >= 4 is 11.7 Å². The lowest BCUT2D eigenvalue weighted by molar-refractivity contribution is 0.0749. The molecule has 1 aliphatic carbocycles. The Hall–Kier alpha value is -2.37. The van der Waals surface area contributed by atoms with Crippen LogP contribution in [0, 0.1) is 6.92 Å². The summed E-state index contributed by atoms with van der Waals surface area (Å²) in [6.45, 7) is 2.24. The average molecular weight is 301 g/mol. The van der Waals surface area contributed by atoms with Gasteiger partial charge in [-0.15, -0.1) is 0 Å². The molecule has 0 N–H and O–H groups in total. The predicted octanol–water partition coefficient (Wildman–Crippen LogP) is 2.11. The Morgan fingerprint density at radius 2 is 2.23 bits per heavy atom. The molecule has 3 rings (SSSR count). The first-order valence-electron chi connectivity index (χ1n) is 7.36. The third-order valence-corrected chi connectivity index (χ3v) is 4.03. The van der Waals surface area contributed by atoms with Gasteiger partial charge in [-0.1, -0.05) is 0 Å². The maximum absolute atomic E-state index is 12.6. The fourth-order valence-electron chi connectivity index (χ4n) is 2.93. The molecule has 0 saturated heterocycles. The molecule has 0 aromatic carbocycles. The summed E-state index contributed by atoms with van der Waals surface area (Å²) in [5.41, 5.74) is 2.23. The molecule has 1 amide bonds. The Morgan fingerprint density at radius 3 is 2.86 bits per heavy atom. The molecule has 0 unspecified atom stereocenters. The van der Waals surface area contributed by atoms with Crippen LogP contribution in [0.25, 0.3) is 0 Å². The summed E-state index contributed by atoms with van der Waals surface area (Å²) < 4.78 is 7.40. The SMILES string of the molecule is Cc1c(C(=O)N(C)Cc2cnn(C)c2)oc2c1C(=O)CCC2. The molecule has 2 heterocycles. The van der Waals surface area contributed by atoms with E-state index in [9.17, 15) is 9.59 Å². The summed E-state index contributed by atoms with van der Waals surface area (Å²) in [5, 5.41) is 4.09. The van der Waals surface area contributed by atoms with Crippen LogP contribution in [0.1, 0.15) is 50.6 Å². The lowest BCUT2D eigenvalue weighted by Gasteiger charge is -2.15. The summed E-state index contributed by atoms with van der Waals surface area (Å²) in [4.78, 5) is 26.2. The van der Waals surface area contributed by atoms with Crippen LogP contribution in [-0.4, -0.2) is 33.4 Å². The van der Waals surface area contributed by atoms with Gasteiger partial charge in [0.25, 0.3) is 5.91 Å². The lowest BCUT2D eigenvalue weighted by atomic mass is 9.94. The van der Waals surface area contributed by atoms with Gasteiger partial charge in [0.1, 0.15) is 5.76 Å². The highest BCUT2D eigenvalue weighted by Gasteiger charge is 2.30. The van der Waals surface area contributed by atoms with E-state index in [1.54, 1.807) is 29.7 Å². The summed E-state index contributed by atoms with van der Waals surface area (Å²) in [6, 6.07) is 0. The molecule has 0 atom stereocenters. The first kappa shape index (κ1) is 14.6. The molecule has 6 heteroatoms. The van der Waals surface area contributed by atoms with Gasteiger partial charge < -0.3 is 9.32 Å². The van der Waals surface area contributed by atoms with Crippen LogP contribution in [0.4, 0.5) is 0 Å². The molecule has 0 spiro atoms. The Balaban J connectivity index is 1.84. The Morgan fingerprint density at radius 1 is 1.45 bits per heavy atom. The van der Waals surface area contributed by atoms with Crippen LogP contribution in [0.15, 0.2) is 16.8 Å². The van der Waals surface area contributed by atoms with Crippen molar-refractivity contribution < 1.29 is 14.0 Å². The highest BCUT2D eigenvalue weighted by atomic mass is 16.4. The molecule has 0 bridgehead atoms. The van der Waals surface area contributed by atoms with Gasteiger partial charge in [0.2, 0.25) is 0 Å². The first-order chi connectivity index (χ1) is 10.5. The van der Waals surface area contributed by atoms with Crippen molar-refractivity contribution in [3.63, 3.8) is 0 Å². The molecule has 22 heavy (non-hydrogen) atoms. The predicted molar refractivity (Wildman–Crippen MR) is 79.7 cm³/mol. The zero-order valence-electron chi connectivity index (χ0n) is 13.0. The molecule has 0 radical (unpaired) electrons. The number of ketones is 1. The summed E-state index contributed by atoms with van der Waals surface area (Å²) >= 11 is 0. The van der Waals surface area contributed by atoms with Crippen LogP contribution in [0.2, 0.25) is 0 Å². The van der Waals surface area contributed by atoms with Gasteiger partial charge in [-0.25, -0.2) is 0 Å².